The normalized spacial score (nSPS) is 14.4. The topological polar surface area (TPSA) is 14.3 Å². The Morgan fingerprint density at radius 1 is 1.36 bits per heavy atom. The molecule has 0 fully saturated rings. The van der Waals surface area contributed by atoms with Crippen LogP contribution < -0.4 is 9.93 Å². The summed E-state index contributed by atoms with van der Waals surface area (Å²) in [5.41, 5.74) is 0. The summed E-state index contributed by atoms with van der Waals surface area (Å²) in [6.07, 6.45) is 1.65. The smallest absolute Gasteiger partial charge is 0.356 e. The molecular formula is C9H8NO-. The van der Waals surface area contributed by atoms with Crippen LogP contribution >= 0.6 is 0 Å². The molecule has 0 saturated carbocycles. The highest BCUT2D eigenvalue weighted by Gasteiger charge is 1.99. The average molecular weight is 146 g/mol. The first-order chi connectivity index (χ1) is 5.47. The largest absolute Gasteiger partial charge is 0.379 e. The van der Waals surface area contributed by atoms with Crippen molar-refractivity contribution in [2.75, 3.05) is 0 Å². The molecule has 11 heavy (non-hydrogen) atoms. The van der Waals surface area contributed by atoms with Crippen molar-refractivity contribution >= 4 is 6.29 Å². The van der Waals surface area contributed by atoms with Crippen LogP contribution in [-0.2, 0) is 4.42 Å². The molecule has 2 heteroatoms. The first-order valence-corrected chi connectivity index (χ1v) is 3.46. The van der Waals surface area contributed by atoms with Gasteiger partial charge in [-0.3, -0.25) is 0 Å². The summed E-state index contributed by atoms with van der Waals surface area (Å²) >= 11 is 0. The lowest BCUT2D eigenvalue weighted by Gasteiger charge is -2.02. The molecule has 0 amide bonds. The molecule has 2 nitrogen and oxygen atoms in total. The molecule has 0 atom stereocenters. The summed E-state index contributed by atoms with van der Waals surface area (Å²) in [6.45, 7) is 3.53. The van der Waals surface area contributed by atoms with Gasteiger partial charge in [-0.15, -0.1) is 0 Å². The van der Waals surface area contributed by atoms with Crippen LogP contribution in [-0.4, -0.2) is 6.29 Å². The molecule has 0 unspecified atom stereocenters. The Balaban J connectivity index is 2.49. The molecule has 0 saturated heterocycles. The number of para-hydroxylation sites is 1. The number of nitrogens with zero attached hydrogens (tertiary/aromatic N) is 1. The Morgan fingerprint density at radius 3 is 3.00 bits per heavy atom. The Bertz CT molecular complexity index is 308. The van der Waals surface area contributed by atoms with E-state index in [1.54, 1.807) is 13.0 Å². The molecule has 1 heterocycles. The fraction of sp³-hybridized carbons (Fsp3) is 0. The molecule has 1 aliphatic heterocycles. The van der Waals surface area contributed by atoms with E-state index in [2.05, 4.69) is 0 Å². The Morgan fingerprint density at radius 2 is 2.36 bits per heavy atom. The molecule has 1 aromatic rings. The monoisotopic (exact) mass is 146 g/mol. The van der Waals surface area contributed by atoms with Gasteiger partial charge in [0, 0.05) is 6.54 Å². The third kappa shape index (κ3) is 1.15. The summed E-state index contributed by atoms with van der Waals surface area (Å²) in [7, 11) is 0. The van der Waals surface area contributed by atoms with E-state index in [1.807, 2.05) is 41.5 Å². The number of benzene rings is 1. The third-order valence-corrected chi connectivity index (χ3v) is 1.53. The first-order valence-electron chi connectivity index (χ1n) is 3.46. The van der Waals surface area contributed by atoms with Crippen molar-refractivity contribution in [1.29, 1.82) is 0 Å². The van der Waals surface area contributed by atoms with E-state index >= 15 is 0 Å². The van der Waals surface area contributed by atoms with Crippen LogP contribution in [0.2, 0.25) is 0 Å². The predicted molar refractivity (Wildman–Crippen MR) is 42.0 cm³/mol. The van der Waals surface area contributed by atoms with Crippen LogP contribution in [0.25, 0.3) is 0 Å². The molecule has 56 valence electrons. The second-order valence-electron chi connectivity index (χ2n) is 2.27. The lowest BCUT2D eigenvalue weighted by atomic mass is 10.3. The molecule has 0 spiro atoms. The summed E-state index contributed by atoms with van der Waals surface area (Å²) in [5, 5.41) is 1.11. The van der Waals surface area contributed by atoms with E-state index in [0.29, 0.717) is 0 Å². The van der Waals surface area contributed by atoms with E-state index in [-0.39, 0.29) is 0 Å². The lowest BCUT2D eigenvalue weighted by Crippen LogP contribution is -2.21. The summed E-state index contributed by atoms with van der Waals surface area (Å²) < 4.78 is 6.85. The first kappa shape index (κ1) is 6.16. The van der Waals surface area contributed by atoms with Gasteiger partial charge in [-0.1, -0.05) is 5.36 Å². The molecule has 0 radical (unpaired) electrons. The van der Waals surface area contributed by atoms with Gasteiger partial charge < -0.3 is 9.00 Å². The van der Waals surface area contributed by atoms with Crippen LogP contribution in [0.1, 0.15) is 0 Å². The summed E-state index contributed by atoms with van der Waals surface area (Å²) in [6, 6.07) is 10.0. The minimum atomic E-state index is 1.11. The van der Waals surface area contributed by atoms with Crippen LogP contribution in [0.3, 0.4) is 0 Å². The number of aldehydes is 1. The molecule has 1 aliphatic rings. The Kier molecular flexibility index (Phi) is 1.44. The van der Waals surface area contributed by atoms with Crippen molar-refractivity contribution in [3.63, 3.8) is 0 Å². The Labute approximate surface area is 65.1 Å². The van der Waals surface area contributed by atoms with E-state index in [9.17, 15) is 0 Å². The predicted octanol–water partition coefficient (Wildman–Crippen LogP) is 0.207. The van der Waals surface area contributed by atoms with Crippen LogP contribution in [0.5, 0.6) is 0 Å². The molecular weight excluding hydrogens is 138 g/mol. The van der Waals surface area contributed by atoms with Gasteiger partial charge in [0.25, 0.3) is 0 Å². The minimum Gasteiger partial charge on any atom is -0.356 e. The van der Waals surface area contributed by atoms with Gasteiger partial charge in [0.15, 0.2) is 6.29 Å². The molecule has 1 aromatic carbocycles. The zero-order chi connectivity index (χ0) is 7.52. The zero-order valence-corrected chi connectivity index (χ0v) is 5.97. The maximum Gasteiger partial charge on any atom is 0.379 e. The van der Waals surface area contributed by atoms with E-state index < -0.39 is 0 Å². The SMILES string of the molecule is C1=[O+][CH-][N+](=c2cccc[cH-]2)[CH-]1. The van der Waals surface area contributed by atoms with Crippen LogP contribution in [0.15, 0.2) is 30.3 Å². The quantitative estimate of drug-likeness (QED) is 0.215. The summed E-state index contributed by atoms with van der Waals surface area (Å²) in [5.74, 6) is 0. The maximum absolute atomic E-state index is 4.93. The fourth-order valence-corrected chi connectivity index (χ4v) is 0.984. The van der Waals surface area contributed by atoms with Crippen LogP contribution in [0.4, 0.5) is 0 Å². The van der Waals surface area contributed by atoms with Gasteiger partial charge in [0.2, 0.25) is 0 Å². The van der Waals surface area contributed by atoms with Crippen molar-refractivity contribution in [2.24, 2.45) is 0 Å². The number of hydrogen-bond donors (Lipinski definition) is 0. The van der Waals surface area contributed by atoms with Gasteiger partial charge in [-0.2, -0.15) is 30.3 Å². The number of hydrogen-bond acceptors (Lipinski definition) is 0. The second kappa shape index (κ2) is 2.58. The highest BCUT2D eigenvalue weighted by atomic mass is 16.4. The fourth-order valence-electron chi connectivity index (χ4n) is 0.984. The van der Waals surface area contributed by atoms with E-state index in [4.69, 9.17) is 4.42 Å². The standard InChI is InChI=1S/C9H8NO/c1-2-4-9(5-3-1)10-6-7-11-8-10/h1-8H/q-1. The minimum absolute atomic E-state index is 1.11. The van der Waals surface area contributed by atoms with Gasteiger partial charge in [0.05, 0.1) is 0 Å². The zero-order valence-electron chi connectivity index (χ0n) is 5.97. The highest BCUT2D eigenvalue weighted by Crippen LogP contribution is 1.86. The molecule has 0 aromatic heterocycles. The van der Waals surface area contributed by atoms with Crippen molar-refractivity contribution < 1.29 is 4.42 Å². The summed E-state index contributed by atoms with van der Waals surface area (Å²) in [4.78, 5) is 0. The molecule has 2 rings (SSSR count). The highest BCUT2D eigenvalue weighted by molar-refractivity contribution is 5.62. The number of rotatable bonds is 0. The maximum atomic E-state index is 4.93. The molecule has 0 N–H and O–H groups in total. The second-order valence-corrected chi connectivity index (χ2v) is 2.27. The van der Waals surface area contributed by atoms with Crippen molar-refractivity contribution in [1.82, 2.24) is 4.58 Å². The molecule has 0 bridgehead atoms. The van der Waals surface area contributed by atoms with Crippen molar-refractivity contribution in [3.05, 3.63) is 49.0 Å². The van der Waals surface area contributed by atoms with Gasteiger partial charge >= 0.3 is 6.73 Å². The van der Waals surface area contributed by atoms with E-state index in [1.165, 1.54) is 0 Å². The third-order valence-electron chi connectivity index (χ3n) is 1.53. The average Bonchev–Trinajstić information content (AvgIpc) is 2.58. The van der Waals surface area contributed by atoms with Gasteiger partial charge in [-0.25, -0.2) is 0 Å². The molecule has 0 aliphatic carbocycles. The Hall–Kier alpha value is -1.57. The van der Waals surface area contributed by atoms with Gasteiger partial charge in [-0.05, 0) is 0 Å². The van der Waals surface area contributed by atoms with Crippen LogP contribution in [0, 0.1) is 13.3 Å². The van der Waals surface area contributed by atoms with E-state index in [0.717, 1.165) is 5.36 Å². The van der Waals surface area contributed by atoms with Crippen molar-refractivity contribution in [2.45, 2.75) is 0 Å². The lowest BCUT2D eigenvalue weighted by molar-refractivity contribution is -0.402. The number of carbonyl (C=O) groups excluding carboxylic acids is 1. The van der Waals surface area contributed by atoms with Crippen molar-refractivity contribution in [3.8, 4) is 0 Å². The van der Waals surface area contributed by atoms with Gasteiger partial charge in [0.1, 0.15) is 0 Å².